The van der Waals surface area contributed by atoms with Gasteiger partial charge in [-0.3, -0.25) is 4.90 Å². The van der Waals surface area contributed by atoms with Crippen LogP contribution >= 0.6 is 22.6 Å². The third-order valence-corrected chi connectivity index (χ3v) is 4.87. The van der Waals surface area contributed by atoms with Gasteiger partial charge < -0.3 is 0 Å². The highest BCUT2D eigenvalue weighted by atomic mass is 127. The summed E-state index contributed by atoms with van der Waals surface area (Å²) in [5, 5.41) is 0. The summed E-state index contributed by atoms with van der Waals surface area (Å²) in [6.45, 7) is 2.75. The standard InChI is InChI=1S/C10H14IN/c11-6-12-4-9-7-1-2-8(3-7)10(9)5-12/h1-2,7-10H,3-6H2/t7-,8-,9-,10-/m1/s1. The van der Waals surface area contributed by atoms with Crippen molar-refractivity contribution in [2.24, 2.45) is 23.7 Å². The Bertz CT molecular complexity index is 206. The molecule has 2 fully saturated rings. The molecule has 1 nitrogen and oxygen atoms in total. The Balaban J connectivity index is 1.82. The first-order valence-corrected chi connectivity index (χ1v) is 6.37. The van der Waals surface area contributed by atoms with Crippen LogP contribution < -0.4 is 0 Å². The van der Waals surface area contributed by atoms with E-state index in [-0.39, 0.29) is 0 Å². The smallest absolute Gasteiger partial charge is 0.0505 e. The zero-order chi connectivity index (χ0) is 8.13. The molecule has 1 heterocycles. The summed E-state index contributed by atoms with van der Waals surface area (Å²) >= 11 is 2.49. The maximum Gasteiger partial charge on any atom is 0.0505 e. The van der Waals surface area contributed by atoms with Gasteiger partial charge in [-0.15, -0.1) is 0 Å². The number of halogens is 1. The molecule has 0 spiro atoms. The van der Waals surface area contributed by atoms with Gasteiger partial charge in [-0.05, 0) is 30.1 Å². The molecule has 3 aliphatic rings. The summed E-state index contributed by atoms with van der Waals surface area (Å²) in [6.07, 6.45) is 6.43. The lowest BCUT2D eigenvalue weighted by Crippen LogP contribution is -2.20. The van der Waals surface area contributed by atoms with Crippen LogP contribution in [0.1, 0.15) is 6.42 Å². The molecule has 2 bridgehead atoms. The van der Waals surface area contributed by atoms with Crippen molar-refractivity contribution in [2.45, 2.75) is 6.42 Å². The molecule has 2 aliphatic carbocycles. The van der Waals surface area contributed by atoms with Crippen LogP contribution in [0.15, 0.2) is 12.2 Å². The third kappa shape index (κ3) is 0.939. The van der Waals surface area contributed by atoms with Crippen LogP contribution in [0, 0.1) is 23.7 Å². The Morgan fingerprint density at radius 2 is 1.75 bits per heavy atom. The third-order valence-electron chi connectivity index (χ3n) is 3.91. The maximum absolute atomic E-state index is 2.61. The van der Waals surface area contributed by atoms with E-state index in [1.165, 1.54) is 24.1 Å². The number of fused-ring (bicyclic) bond motifs is 5. The van der Waals surface area contributed by atoms with Gasteiger partial charge in [0, 0.05) is 13.1 Å². The van der Waals surface area contributed by atoms with Crippen LogP contribution in [0.4, 0.5) is 0 Å². The fourth-order valence-electron chi connectivity index (χ4n) is 3.34. The van der Waals surface area contributed by atoms with E-state index in [0.29, 0.717) is 0 Å². The Morgan fingerprint density at radius 1 is 1.17 bits per heavy atom. The molecule has 0 aromatic carbocycles. The van der Waals surface area contributed by atoms with Gasteiger partial charge >= 0.3 is 0 Å². The predicted octanol–water partition coefficient (Wildman–Crippen LogP) is 2.13. The van der Waals surface area contributed by atoms with Gasteiger partial charge in [-0.1, -0.05) is 34.7 Å². The van der Waals surface area contributed by atoms with Crippen molar-refractivity contribution < 1.29 is 0 Å². The number of alkyl halides is 1. The van der Waals surface area contributed by atoms with Gasteiger partial charge in [0.15, 0.2) is 0 Å². The zero-order valence-electron chi connectivity index (χ0n) is 7.12. The van der Waals surface area contributed by atoms with Crippen molar-refractivity contribution in [1.82, 2.24) is 4.90 Å². The summed E-state index contributed by atoms with van der Waals surface area (Å²) < 4.78 is 1.23. The highest BCUT2D eigenvalue weighted by Crippen LogP contribution is 2.51. The molecule has 1 aliphatic heterocycles. The van der Waals surface area contributed by atoms with Gasteiger partial charge in [0.2, 0.25) is 0 Å². The minimum Gasteiger partial charge on any atom is -0.294 e. The van der Waals surface area contributed by atoms with Crippen molar-refractivity contribution in [3.8, 4) is 0 Å². The topological polar surface area (TPSA) is 3.24 Å². The Labute approximate surface area is 87.3 Å². The SMILES string of the molecule is ICN1C[C@H]2[C@H](C1)[C@@H]1C=C[C@@H]2C1. The first-order valence-electron chi connectivity index (χ1n) is 4.85. The van der Waals surface area contributed by atoms with E-state index < -0.39 is 0 Å². The molecule has 66 valence electrons. The van der Waals surface area contributed by atoms with Crippen LogP contribution in [-0.4, -0.2) is 22.5 Å². The highest BCUT2D eigenvalue weighted by Gasteiger charge is 2.48. The van der Waals surface area contributed by atoms with Gasteiger partial charge in [0.25, 0.3) is 0 Å². The molecule has 12 heavy (non-hydrogen) atoms. The fraction of sp³-hybridized carbons (Fsp3) is 0.800. The van der Waals surface area contributed by atoms with E-state index in [2.05, 4.69) is 39.6 Å². The zero-order valence-corrected chi connectivity index (χ0v) is 9.28. The number of likely N-dealkylation sites (tertiary alicyclic amines) is 1. The number of hydrogen-bond acceptors (Lipinski definition) is 1. The lowest BCUT2D eigenvalue weighted by molar-refractivity contribution is 0.353. The summed E-state index contributed by atoms with van der Waals surface area (Å²) in [5.41, 5.74) is 0. The van der Waals surface area contributed by atoms with Gasteiger partial charge in [0.05, 0.1) is 4.55 Å². The second-order valence-corrected chi connectivity index (χ2v) is 5.11. The Hall–Kier alpha value is 0.430. The summed E-state index contributed by atoms with van der Waals surface area (Å²) in [5.74, 6) is 3.95. The molecule has 1 saturated heterocycles. The average molecular weight is 275 g/mol. The van der Waals surface area contributed by atoms with E-state index in [1.807, 2.05) is 0 Å². The number of nitrogens with zero attached hydrogens (tertiary/aromatic N) is 1. The number of rotatable bonds is 1. The van der Waals surface area contributed by atoms with Crippen LogP contribution in [0.3, 0.4) is 0 Å². The van der Waals surface area contributed by atoms with E-state index >= 15 is 0 Å². The molecule has 0 aromatic heterocycles. The lowest BCUT2D eigenvalue weighted by atomic mass is 9.86. The number of allylic oxidation sites excluding steroid dienone is 2. The van der Waals surface area contributed by atoms with E-state index in [0.717, 1.165) is 23.7 Å². The molecular weight excluding hydrogens is 261 g/mol. The van der Waals surface area contributed by atoms with E-state index in [4.69, 9.17) is 0 Å². The van der Waals surface area contributed by atoms with Crippen LogP contribution in [0.25, 0.3) is 0 Å². The Kier molecular flexibility index (Phi) is 1.76. The monoisotopic (exact) mass is 275 g/mol. The van der Waals surface area contributed by atoms with E-state index in [9.17, 15) is 0 Å². The van der Waals surface area contributed by atoms with Crippen LogP contribution in [0.2, 0.25) is 0 Å². The second kappa shape index (κ2) is 2.71. The molecule has 4 atom stereocenters. The molecule has 1 saturated carbocycles. The normalized spacial score (nSPS) is 50.4. The van der Waals surface area contributed by atoms with Crippen molar-refractivity contribution in [3.63, 3.8) is 0 Å². The molecule has 0 aromatic rings. The molecule has 0 radical (unpaired) electrons. The summed E-state index contributed by atoms with van der Waals surface area (Å²) in [6, 6.07) is 0. The van der Waals surface area contributed by atoms with Crippen LogP contribution in [0.5, 0.6) is 0 Å². The highest BCUT2D eigenvalue weighted by molar-refractivity contribution is 14.1. The largest absolute Gasteiger partial charge is 0.294 e. The quantitative estimate of drug-likeness (QED) is 0.307. The predicted molar refractivity (Wildman–Crippen MR) is 58.2 cm³/mol. The number of hydrogen-bond donors (Lipinski definition) is 0. The minimum atomic E-state index is 0.952. The molecule has 3 rings (SSSR count). The summed E-state index contributed by atoms with van der Waals surface area (Å²) in [4.78, 5) is 2.61. The van der Waals surface area contributed by atoms with Gasteiger partial charge in [-0.2, -0.15) is 0 Å². The molecular formula is C10H14IN. The van der Waals surface area contributed by atoms with Crippen molar-refractivity contribution >= 4 is 22.6 Å². The van der Waals surface area contributed by atoms with Gasteiger partial charge in [0.1, 0.15) is 0 Å². The van der Waals surface area contributed by atoms with Crippen molar-refractivity contribution in [2.75, 3.05) is 17.6 Å². The first kappa shape index (κ1) is 7.80. The van der Waals surface area contributed by atoms with Crippen LogP contribution in [-0.2, 0) is 0 Å². The maximum atomic E-state index is 2.61. The van der Waals surface area contributed by atoms with Crippen molar-refractivity contribution in [1.29, 1.82) is 0 Å². The Morgan fingerprint density at radius 3 is 2.25 bits per heavy atom. The fourth-order valence-corrected chi connectivity index (χ4v) is 3.89. The second-order valence-electron chi connectivity index (χ2n) is 4.43. The molecule has 0 amide bonds. The van der Waals surface area contributed by atoms with E-state index in [1.54, 1.807) is 0 Å². The minimum absolute atomic E-state index is 0.952. The summed E-state index contributed by atoms with van der Waals surface area (Å²) in [7, 11) is 0. The molecule has 2 heteroatoms. The van der Waals surface area contributed by atoms with Crippen molar-refractivity contribution in [3.05, 3.63) is 12.2 Å². The lowest BCUT2D eigenvalue weighted by Gasteiger charge is -2.17. The average Bonchev–Trinajstić information content (AvgIpc) is 2.75. The van der Waals surface area contributed by atoms with Gasteiger partial charge in [-0.25, -0.2) is 0 Å². The molecule has 0 unspecified atom stereocenters. The first-order chi connectivity index (χ1) is 5.88. The molecule has 0 N–H and O–H groups in total.